The highest BCUT2D eigenvalue weighted by molar-refractivity contribution is 5.76. The lowest BCUT2D eigenvalue weighted by Crippen LogP contribution is -2.46. The Morgan fingerprint density at radius 3 is 1.18 bits per heavy atom. The van der Waals surface area contributed by atoms with E-state index in [1.807, 2.05) is 0 Å². The Balaban J connectivity index is 1.88. The van der Waals surface area contributed by atoms with Crippen molar-refractivity contribution in [2.24, 2.45) is 0 Å². The van der Waals surface area contributed by atoms with Crippen molar-refractivity contribution in [2.75, 3.05) is 6.54 Å². The Labute approximate surface area is 308 Å². The van der Waals surface area contributed by atoms with Crippen LogP contribution in [0.5, 0.6) is 0 Å². The minimum atomic E-state index is 0.0776. The van der Waals surface area contributed by atoms with Crippen LogP contribution in [0.4, 0.5) is 0 Å². The van der Waals surface area contributed by atoms with Gasteiger partial charge in [-0.05, 0) is 12.8 Å². The van der Waals surface area contributed by atoms with E-state index in [1.54, 1.807) is 0 Å². The van der Waals surface area contributed by atoms with Gasteiger partial charge in [-0.25, -0.2) is 9.89 Å². The van der Waals surface area contributed by atoms with E-state index < -0.39 is 0 Å². The Hall–Kier alpha value is -0.900. The number of carbonyl (C=O) groups is 1. The van der Waals surface area contributed by atoms with Gasteiger partial charge in [-0.15, -0.1) is 0 Å². The maximum absolute atomic E-state index is 12.6. The molecule has 0 spiro atoms. The van der Waals surface area contributed by atoms with Gasteiger partial charge in [0.25, 0.3) is 0 Å². The van der Waals surface area contributed by atoms with Crippen LogP contribution in [0, 0.1) is 0 Å². The molecule has 0 aromatic rings. The molecule has 1 rings (SSSR count). The monoisotopic (exact) mass is 689 g/mol. The van der Waals surface area contributed by atoms with Crippen molar-refractivity contribution in [3.8, 4) is 0 Å². The number of rotatable bonds is 39. The van der Waals surface area contributed by atoms with Crippen molar-refractivity contribution in [1.29, 1.82) is 0 Å². The van der Waals surface area contributed by atoms with Crippen LogP contribution in [-0.4, -0.2) is 35.6 Å². The summed E-state index contributed by atoms with van der Waals surface area (Å²) in [5.74, 6) is 0.223. The van der Waals surface area contributed by atoms with E-state index in [0.717, 1.165) is 13.0 Å². The van der Waals surface area contributed by atoms with Gasteiger partial charge < -0.3 is 0 Å². The van der Waals surface area contributed by atoms with Crippen molar-refractivity contribution in [2.45, 2.75) is 271 Å². The molecule has 0 saturated heterocycles. The molecule has 0 aromatic carbocycles. The van der Waals surface area contributed by atoms with Crippen molar-refractivity contribution in [3.63, 3.8) is 0 Å². The second-order valence-corrected chi connectivity index (χ2v) is 16.0. The topological polar surface area (TPSA) is 44.1 Å². The smallest absolute Gasteiger partial charge is 0.226 e. The van der Waals surface area contributed by atoms with Crippen LogP contribution >= 0.6 is 0 Å². The van der Waals surface area contributed by atoms with Gasteiger partial charge in [0.2, 0.25) is 18.2 Å². The second-order valence-electron chi connectivity index (χ2n) is 16.0. The first-order chi connectivity index (χ1) is 24.2. The fourth-order valence-electron chi connectivity index (χ4n) is 7.84. The molecule has 1 heterocycles. The third-order valence-corrected chi connectivity index (χ3v) is 11.2. The van der Waals surface area contributed by atoms with Crippen LogP contribution in [-0.2, 0) is 4.79 Å². The SMILES string of the molecule is CCCCCCCCCCCCCCCCCCCCC1NCC=[N+]1C(C)NC(=O)CCCCCCCCCCCCCCCCCCC. The summed E-state index contributed by atoms with van der Waals surface area (Å²) >= 11 is 0. The van der Waals surface area contributed by atoms with Crippen LogP contribution in [0.15, 0.2) is 0 Å². The number of nitrogens with zero attached hydrogens (tertiary/aromatic N) is 1. The molecule has 0 aliphatic carbocycles. The summed E-state index contributed by atoms with van der Waals surface area (Å²) in [6.45, 7) is 7.67. The van der Waals surface area contributed by atoms with Crippen LogP contribution in [0.2, 0.25) is 0 Å². The van der Waals surface area contributed by atoms with Gasteiger partial charge in [-0.3, -0.25) is 10.1 Å². The first-order valence-corrected chi connectivity index (χ1v) is 22.8. The number of hydrogen-bond acceptors (Lipinski definition) is 2. The fraction of sp³-hybridized carbons (Fsp3) is 0.956. The number of carbonyl (C=O) groups excluding carboxylic acids is 1. The Morgan fingerprint density at radius 1 is 0.531 bits per heavy atom. The zero-order chi connectivity index (χ0) is 35.3. The number of unbranched alkanes of at least 4 members (excludes halogenated alkanes) is 33. The van der Waals surface area contributed by atoms with E-state index >= 15 is 0 Å². The third-order valence-electron chi connectivity index (χ3n) is 11.2. The Kier molecular flexibility index (Phi) is 34.7. The standard InChI is InChI=1S/C45H89N3O/c1-4-6-8-10-12-14-16-18-20-22-24-25-27-29-31-33-35-37-39-44-46-41-42-48(44)43(3)47-45(49)40-38-36-34-32-30-28-26-23-21-19-17-15-13-11-9-7-5-2/h42-44,46H,4-41H2,1-3H3/p+1. The van der Waals surface area contributed by atoms with E-state index in [9.17, 15) is 4.79 Å². The summed E-state index contributed by atoms with van der Waals surface area (Å²) in [6.07, 6.45) is 53.5. The molecular formula is C45H90N3O+. The van der Waals surface area contributed by atoms with E-state index in [2.05, 4.69) is 42.2 Å². The zero-order valence-electron chi connectivity index (χ0n) is 34.0. The Bertz CT molecular complexity index is 722. The molecule has 49 heavy (non-hydrogen) atoms. The molecular weight excluding hydrogens is 599 g/mol. The zero-order valence-corrected chi connectivity index (χ0v) is 34.0. The lowest BCUT2D eigenvalue weighted by atomic mass is 10.0. The lowest BCUT2D eigenvalue weighted by Gasteiger charge is -2.17. The minimum absolute atomic E-state index is 0.0776. The van der Waals surface area contributed by atoms with Gasteiger partial charge in [0, 0.05) is 19.8 Å². The third kappa shape index (κ3) is 30.4. The highest BCUT2D eigenvalue weighted by Crippen LogP contribution is 2.17. The molecule has 0 aromatic heterocycles. The lowest BCUT2D eigenvalue weighted by molar-refractivity contribution is -0.595. The number of amides is 1. The average molecular weight is 689 g/mol. The van der Waals surface area contributed by atoms with Crippen molar-refractivity contribution >= 4 is 12.1 Å². The number of hydrogen-bond donors (Lipinski definition) is 2. The maximum Gasteiger partial charge on any atom is 0.226 e. The summed E-state index contributed by atoms with van der Waals surface area (Å²) in [7, 11) is 0. The molecule has 1 aliphatic heterocycles. The molecule has 1 amide bonds. The van der Waals surface area contributed by atoms with Gasteiger partial charge in [-0.2, -0.15) is 0 Å². The van der Waals surface area contributed by atoms with E-state index in [0.29, 0.717) is 12.6 Å². The predicted octanol–water partition coefficient (Wildman–Crippen LogP) is 13.9. The quantitative estimate of drug-likeness (QED) is 0.0499. The molecule has 290 valence electrons. The highest BCUT2D eigenvalue weighted by atomic mass is 16.1. The molecule has 2 unspecified atom stereocenters. The van der Waals surface area contributed by atoms with Gasteiger partial charge in [0.05, 0.1) is 6.54 Å². The average Bonchev–Trinajstić information content (AvgIpc) is 3.58. The fourth-order valence-corrected chi connectivity index (χ4v) is 7.84. The van der Waals surface area contributed by atoms with Gasteiger partial charge in [0.15, 0.2) is 6.21 Å². The van der Waals surface area contributed by atoms with Crippen LogP contribution < -0.4 is 10.6 Å². The largest absolute Gasteiger partial charge is 0.299 e. The second kappa shape index (κ2) is 36.9. The molecule has 0 bridgehead atoms. The normalized spacial score (nSPS) is 15.2. The van der Waals surface area contributed by atoms with Crippen molar-refractivity contribution in [1.82, 2.24) is 10.6 Å². The molecule has 4 heteroatoms. The van der Waals surface area contributed by atoms with Crippen LogP contribution in [0.25, 0.3) is 0 Å². The van der Waals surface area contributed by atoms with Crippen molar-refractivity contribution in [3.05, 3.63) is 0 Å². The maximum atomic E-state index is 12.6. The van der Waals surface area contributed by atoms with E-state index in [-0.39, 0.29) is 12.1 Å². The minimum Gasteiger partial charge on any atom is -0.299 e. The molecule has 0 fully saturated rings. The summed E-state index contributed by atoms with van der Waals surface area (Å²) in [5, 5.41) is 6.92. The predicted molar refractivity (Wildman–Crippen MR) is 218 cm³/mol. The Morgan fingerprint density at radius 2 is 0.837 bits per heavy atom. The van der Waals surface area contributed by atoms with Gasteiger partial charge in [0.1, 0.15) is 0 Å². The first kappa shape index (κ1) is 46.1. The molecule has 2 N–H and O–H groups in total. The molecule has 0 saturated carbocycles. The summed E-state index contributed by atoms with van der Waals surface area (Å²) < 4.78 is 2.36. The summed E-state index contributed by atoms with van der Waals surface area (Å²) in [4.78, 5) is 12.6. The highest BCUT2D eigenvalue weighted by Gasteiger charge is 2.30. The van der Waals surface area contributed by atoms with Crippen LogP contribution in [0.1, 0.15) is 258 Å². The van der Waals surface area contributed by atoms with Crippen molar-refractivity contribution < 1.29 is 9.37 Å². The summed E-state index contributed by atoms with van der Waals surface area (Å²) in [6, 6.07) is 0. The van der Waals surface area contributed by atoms with Gasteiger partial charge in [-0.1, -0.05) is 226 Å². The molecule has 0 radical (unpaired) electrons. The molecule has 4 nitrogen and oxygen atoms in total. The summed E-state index contributed by atoms with van der Waals surface area (Å²) in [5.41, 5.74) is 0. The molecule has 2 atom stereocenters. The first-order valence-electron chi connectivity index (χ1n) is 22.8. The molecule has 1 aliphatic rings. The number of nitrogens with one attached hydrogen (secondary N) is 2. The van der Waals surface area contributed by atoms with E-state index in [4.69, 9.17) is 0 Å². The van der Waals surface area contributed by atoms with Gasteiger partial charge >= 0.3 is 0 Å². The van der Waals surface area contributed by atoms with Crippen LogP contribution in [0.3, 0.4) is 0 Å². The van der Waals surface area contributed by atoms with E-state index in [1.165, 1.54) is 225 Å².